The van der Waals surface area contributed by atoms with E-state index in [1.54, 1.807) is 12.1 Å². The molecule has 0 spiro atoms. The van der Waals surface area contributed by atoms with Gasteiger partial charge >= 0.3 is 120 Å². The molecule has 2 heteroatoms. The van der Waals surface area contributed by atoms with E-state index in [0.717, 1.165) is 0 Å². The van der Waals surface area contributed by atoms with Gasteiger partial charge in [0.25, 0.3) is 0 Å². The smallest absolute Gasteiger partial charge is 1.00 e. The summed E-state index contributed by atoms with van der Waals surface area (Å²) in [6.45, 7) is 9.28. The van der Waals surface area contributed by atoms with Gasteiger partial charge < -0.3 is 12.4 Å². The van der Waals surface area contributed by atoms with Crippen LogP contribution < -0.4 is 12.4 Å². The Balaban J connectivity index is 0.00000180. The maximum absolute atomic E-state index is 2.67. The molecule has 0 saturated carbocycles. The topological polar surface area (TPSA) is 0 Å². The minimum atomic E-state index is -1.71. The van der Waals surface area contributed by atoms with E-state index in [1.807, 2.05) is 0 Å². The van der Waals surface area contributed by atoms with E-state index in [9.17, 15) is 0 Å². The minimum Gasteiger partial charge on any atom is -1.00 e. The zero-order chi connectivity index (χ0) is 13.2. The third-order valence-corrected chi connectivity index (χ3v) is 10.8. The Labute approximate surface area is 132 Å². The first-order valence-electron chi connectivity index (χ1n) is 6.76. The fourth-order valence-electron chi connectivity index (χ4n) is 2.12. The molecule has 2 aliphatic carbocycles. The van der Waals surface area contributed by atoms with Crippen molar-refractivity contribution in [1.29, 1.82) is 0 Å². The van der Waals surface area contributed by atoms with Gasteiger partial charge in [0, 0.05) is 0 Å². The molecule has 0 saturated heterocycles. The molecular formula is C17H23ClZr. The molecule has 0 atom stereocenters. The summed E-state index contributed by atoms with van der Waals surface area (Å²) in [4.78, 5) is 0. The molecule has 0 nitrogen and oxygen atoms in total. The molecule has 0 aromatic carbocycles. The minimum absolute atomic E-state index is 0. The van der Waals surface area contributed by atoms with Gasteiger partial charge in [0.2, 0.25) is 0 Å². The van der Waals surface area contributed by atoms with E-state index < -0.39 is 21.8 Å². The summed E-state index contributed by atoms with van der Waals surface area (Å²) in [5.74, 6) is 0. The van der Waals surface area contributed by atoms with Gasteiger partial charge in [-0.2, -0.15) is 0 Å². The molecule has 0 fully saturated rings. The molecule has 0 aromatic heterocycles. The van der Waals surface area contributed by atoms with E-state index in [1.165, 1.54) is 12.8 Å². The Kier molecular flexibility index (Phi) is 6.28. The zero-order valence-electron chi connectivity index (χ0n) is 12.3. The van der Waals surface area contributed by atoms with Crippen molar-refractivity contribution in [3.63, 3.8) is 0 Å². The standard InChI is InChI=1S/C7H13.2C5H5.ClH.Zr/c1-6(2)7(3,4)5;2*1-2-4-5-3-1;;/h1H,2-5H3;2*1-3H,4H2;1H;/q;;;;+1/p-1. The molecular weight excluding hydrogens is 331 g/mol. The molecule has 0 N–H and O–H groups in total. The van der Waals surface area contributed by atoms with Crippen molar-refractivity contribution in [3.05, 3.63) is 52.4 Å². The quantitative estimate of drug-likeness (QED) is 0.730. The first-order valence-corrected chi connectivity index (χ1v) is 10.6. The van der Waals surface area contributed by atoms with Crippen molar-refractivity contribution in [2.45, 2.75) is 40.5 Å². The second kappa shape index (κ2) is 7.05. The van der Waals surface area contributed by atoms with E-state index in [0.29, 0.717) is 5.41 Å². The largest absolute Gasteiger partial charge is 1.00 e. The Hall–Kier alpha value is -0.127. The fourth-order valence-corrected chi connectivity index (χ4v) is 9.19. The molecule has 0 aliphatic heterocycles. The van der Waals surface area contributed by atoms with Gasteiger partial charge in [-0.05, 0) is 0 Å². The average molecular weight is 354 g/mol. The van der Waals surface area contributed by atoms with Gasteiger partial charge in [0.15, 0.2) is 0 Å². The van der Waals surface area contributed by atoms with E-state index in [-0.39, 0.29) is 12.4 Å². The van der Waals surface area contributed by atoms with Crippen LogP contribution in [0.1, 0.15) is 40.5 Å². The number of hydrogen-bond donors (Lipinski definition) is 0. The summed E-state index contributed by atoms with van der Waals surface area (Å²) in [6, 6.07) is 0. The van der Waals surface area contributed by atoms with E-state index >= 15 is 0 Å². The number of hydrogen-bond acceptors (Lipinski definition) is 0. The predicted molar refractivity (Wildman–Crippen MR) is 76.9 cm³/mol. The van der Waals surface area contributed by atoms with Crippen LogP contribution in [0.2, 0.25) is 0 Å². The van der Waals surface area contributed by atoms with Crippen LogP contribution in [-0.4, -0.2) is 0 Å². The molecule has 102 valence electrons. The summed E-state index contributed by atoms with van der Waals surface area (Å²) in [7, 11) is 0. The number of halogens is 1. The predicted octanol–water partition coefficient (Wildman–Crippen LogP) is 2.25. The van der Waals surface area contributed by atoms with E-state index in [2.05, 4.69) is 67.9 Å². The molecule has 2 rings (SSSR count). The molecule has 0 radical (unpaired) electrons. The first-order chi connectivity index (χ1) is 8.48. The fraction of sp³-hybridized carbons (Fsp3) is 0.412. The van der Waals surface area contributed by atoms with Crippen LogP contribution in [0, 0.1) is 5.41 Å². The second-order valence-electron chi connectivity index (χ2n) is 6.14. The molecule has 19 heavy (non-hydrogen) atoms. The average Bonchev–Trinajstić information content (AvgIpc) is 2.97. The zero-order valence-corrected chi connectivity index (χ0v) is 15.5. The first kappa shape index (κ1) is 16.9. The molecule has 0 aromatic rings. The van der Waals surface area contributed by atoms with Crippen molar-refractivity contribution >= 4 is 0 Å². The van der Waals surface area contributed by atoms with Gasteiger partial charge in [-0.15, -0.1) is 0 Å². The van der Waals surface area contributed by atoms with Crippen LogP contribution in [0.25, 0.3) is 0 Å². The van der Waals surface area contributed by atoms with Crippen LogP contribution >= 0.6 is 0 Å². The molecule has 0 heterocycles. The Bertz CT molecular complexity index is 440. The summed E-state index contributed by atoms with van der Waals surface area (Å²) in [6.07, 6.45) is 16.2. The molecule has 0 amide bonds. The SMILES string of the molecule is C/C(=[CH]\[Zr+]([C]1=CC=CC1)[C]1=CC=CC1)C(C)(C)C.[Cl-]. The summed E-state index contributed by atoms with van der Waals surface area (Å²) in [5, 5.41) is 0. The van der Waals surface area contributed by atoms with Crippen LogP contribution in [0.15, 0.2) is 52.4 Å². The summed E-state index contributed by atoms with van der Waals surface area (Å²) in [5.41, 5.74) is 1.88. The Morgan fingerprint density at radius 3 is 1.84 bits per heavy atom. The molecule has 2 aliphatic rings. The van der Waals surface area contributed by atoms with Crippen LogP contribution in [0.4, 0.5) is 0 Å². The van der Waals surface area contributed by atoms with Crippen LogP contribution in [0.3, 0.4) is 0 Å². The number of rotatable bonds is 3. The van der Waals surface area contributed by atoms with Crippen molar-refractivity contribution in [3.8, 4) is 0 Å². The molecule has 0 bridgehead atoms. The summed E-state index contributed by atoms with van der Waals surface area (Å²) >= 11 is -1.71. The Morgan fingerprint density at radius 2 is 1.53 bits per heavy atom. The third kappa shape index (κ3) is 4.43. The monoisotopic (exact) mass is 352 g/mol. The van der Waals surface area contributed by atoms with Gasteiger partial charge in [-0.3, -0.25) is 0 Å². The van der Waals surface area contributed by atoms with Crippen molar-refractivity contribution in [2.24, 2.45) is 5.41 Å². The third-order valence-electron chi connectivity index (χ3n) is 3.78. The van der Waals surface area contributed by atoms with Crippen molar-refractivity contribution in [1.82, 2.24) is 0 Å². The van der Waals surface area contributed by atoms with Crippen molar-refractivity contribution in [2.75, 3.05) is 0 Å². The van der Waals surface area contributed by atoms with Crippen LogP contribution in [0.5, 0.6) is 0 Å². The van der Waals surface area contributed by atoms with Crippen molar-refractivity contribution < 1.29 is 34.2 Å². The van der Waals surface area contributed by atoms with Gasteiger partial charge in [0.05, 0.1) is 0 Å². The number of allylic oxidation sites excluding steroid dienone is 9. The van der Waals surface area contributed by atoms with Gasteiger partial charge in [-0.25, -0.2) is 0 Å². The van der Waals surface area contributed by atoms with Gasteiger partial charge in [0.1, 0.15) is 0 Å². The second-order valence-corrected chi connectivity index (χ2v) is 12.0. The summed E-state index contributed by atoms with van der Waals surface area (Å²) < 4.78 is 6.13. The Morgan fingerprint density at radius 1 is 1.05 bits per heavy atom. The van der Waals surface area contributed by atoms with E-state index in [4.69, 9.17) is 0 Å². The normalized spacial score (nSPS) is 18.2. The maximum Gasteiger partial charge on any atom is -1.00 e. The molecule has 0 unspecified atom stereocenters. The van der Waals surface area contributed by atoms with Gasteiger partial charge in [-0.1, -0.05) is 0 Å². The maximum atomic E-state index is 2.67. The van der Waals surface area contributed by atoms with Crippen LogP contribution in [-0.2, 0) is 21.8 Å².